The Bertz CT molecular complexity index is 734. The van der Waals surface area contributed by atoms with Gasteiger partial charge in [-0.2, -0.15) is 4.98 Å². The summed E-state index contributed by atoms with van der Waals surface area (Å²) in [5.41, 5.74) is 0. The van der Waals surface area contributed by atoms with Crippen molar-refractivity contribution in [3.8, 4) is 10.7 Å². The zero-order valence-corrected chi connectivity index (χ0v) is 14.9. The maximum absolute atomic E-state index is 5.80. The molecule has 1 fully saturated rings. The molecule has 0 N–H and O–H groups in total. The summed E-state index contributed by atoms with van der Waals surface area (Å²) in [5, 5.41) is 8.24. The maximum Gasteiger partial charge on any atom is 0.241 e. The van der Waals surface area contributed by atoms with E-state index in [1.165, 1.54) is 4.88 Å². The molecule has 7 heteroatoms. The van der Waals surface area contributed by atoms with Crippen LogP contribution in [0.2, 0.25) is 0 Å². The van der Waals surface area contributed by atoms with Gasteiger partial charge in [-0.25, -0.2) is 0 Å². The summed E-state index contributed by atoms with van der Waals surface area (Å²) < 4.78 is 11.3. The van der Waals surface area contributed by atoms with Gasteiger partial charge in [-0.05, 0) is 35.7 Å². The van der Waals surface area contributed by atoms with Crippen molar-refractivity contribution in [2.24, 2.45) is 0 Å². The molecule has 0 saturated carbocycles. The second-order valence-corrected chi connectivity index (χ2v) is 7.85. The average Bonchev–Trinajstić information content (AvgIpc) is 3.37. The van der Waals surface area contributed by atoms with Gasteiger partial charge in [-0.1, -0.05) is 17.3 Å². The number of ether oxygens (including phenoxy) is 1. The van der Waals surface area contributed by atoms with Crippen molar-refractivity contribution in [1.82, 2.24) is 15.0 Å². The first kappa shape index (κ1) is 16.0. The van der Waals surface area contributed by atoms with Crippen LogP contribution in [0, 0.1) is 0 Å². The summed E-state index contributed by atoms with van der Waals surface area (Å²) in [4.78, 5) is 9.27. The number of hydrogen-bond acceptors (Lipinski definition) is 7. The molecule has 1 aliphatic heterocycles. The van der Waals surface area contributed by atoms with Gasteiger partial charge in [0.05, 0.1) is 17.5 Å². The number of thiophene rings is 2. The SMILES string of the molecule is c1csc(CN(Cc2nc(-c3cccs3)no2)C[C@@H]2CCCO2)c1. The van der Waals surface area contributed by atoms with E-state index in [1.807, 2.05) is 17.5 Å². The molecular formula is C17H19N3O2S2. The summed E-state index contributed by atoms with van der Waals surface area (Å²) in [5.74, 6) is 1.33. The molecule has 5 nitrogen and oxygen atoms in total. The maximum atomic E-state index is 5.80. The summed E-state index contributed by atoms with van der Waals surface area (Å²) in [6, 6.07) is 8.26. The van der Waals surface area contributed by atoms with Crippen LogP contribution in [0.1, 0.15) is 23.6 Å². The highest BCUT2D eigenvalue weighted by molar-refractivity contribution is 7.13. The van der Waals surface area contributed by atoms with Crippen molar-refractivity contribution < 1.29 is 9.26 Å². The fourth-order valence-electron chi connectivity index (χ4n) is 2.90. The first-order valence-corrected chi connectivity index (χ1v) is 9.85. The van der Waals surface area contributed by atoms with E-state index in [4.69, 9.17) is 9.26 Å². The van der Waals surface area contributed by atoms with Crippen molar-refractivity contribution >= 4 is 22.7 Å². The Morgan fingerprint density at radius 3 is 2.83 bits per heavy atom. The average molecular weight is 361 g/mol. The molecule has 24 heavy (non-hydrogen) atoms. The molecule has 0 bridgehead atoms. The summed E-state index contributed by atoms with van der Waals surface area (Å²) in [7, 11) is 0. The van der Waals surface area contributed by atoms with Crippen molar-refractivity contribution in [3.05, 3.63) is 45.8 Å². The van der Waals surface area contributed by atoms with Gasteiger partial charge < -0.3 is 9.26 Å². The molecule has 1 aliphatic rings. The van der Waals surface area contributed by atoms with Crippen LogP contribution >= 0.6 is 22.7 Å². The Labute approximate surface area is 148 Å². The van der Waals surface area contributed by atoms with E-state index in [-0.39, 0.29) is 0 Å². The minimum Gasteiger partial charge on any atom is -0.377 e. The van der Waals surface area contributed by atoms with Crippen LogP contribution in [0.25, 0.3) is 10.7 Å². The van der Waals surface area contributed by atoms with Gasteiger partial charge in [-0.15, -0.1) is 22.7 Å². The lowest BCUT2D eigenvalue weighted by atomic mass is 10.2. The highest BCUT2D eigenvalue weighted by atomic mass is 32.1. The molecular weight excluding hydrogens is 342 g/mol. The summed E-state index contributed by atoms with van der Waals surface area (Å²) in [6.07, 6.45) is 2.59. The normalized spacial score (nSPS) is 17.8. The number of aromatic nitrogens is 2. The molecule has 1 atom stereocenters. The Morgan fingerprint density at radius 1 is 1.17 bits per heavy atom. The van der Waals surface area contributed by atoms with Crippen molar-refractivity contribution in [2.75, 3.05) is 13.2 Å². The molecule has 126 valence electrons. The van der Waals surface area contributed by atoms with Crippen LogP contribution < -0.4 is 0 Å². The van der Waals surface area contributed by atoms with Gasteiger partial charge in [-0.3, -0.25) is 4.90 Å². The zero-order valence-electron chi connectivity index (χ0n) is 13.3. The molecule has 0 amide bonds. The van der Waals surface area contributed by atoms with Crippen LogP contribution in [0.5, 0.6) is 0 Å². The standard InChI is InChI=1S/C17H19N3O2S2/c1-4-13(21-7-1)10-20(11-14-5-2-8-23-14)12-16-18-17(19-22-16)15-6-3-9-24-15/h2-3,5-6,8-9,13H,1,4,7,10-12H2/t13-/m0/s1. The smallest absolute Gasteiger partial charge is 0.241 e. The van der Waals surface area contributed by atoms with Crippen molar-refractivity contribution in [1.29, 1.82) is 0 Å². The van der Waals surface area contributed by atoms with Gasteiger partial charge >= 0.3 is 0 Å². The van der Waals surface area contributed by atoms with Crippen LogP contribution in [0.15, 0.2) is 39.5 Å². The number of hydrogen-bond donors (Lipinski definition) is 0. The quantitative estimate of drug-likeness (QED) is 0.636. The van der Waals surface area contributed by atoms with E-state index < -0.39 is 0 Å². The van der Waals surface area contributed by atoms with Gasteiger partial charge in [0.2, 0.25) is 11.7 Å². The van der Waals surface area contributed by atoms with Crippen molar-refractivity contribution in [3.63, 3.8) is 0 Å². The first-order chi connectivity index (χ1) is 11.9. The van der Waals surface area contributed by atoms with Crippen LogP contribution in [0.3, 0.4) is 0 Å². The summed E-state index contributed by atoms with van der Waals surface area (Å²) in [6.45, 7) is 3.31. The molecule has 3 aromatic rings. The monoisotopic (exact) mass is 361 g/mol. The Hall–Kier alpha value is -1.54. The third-order valence-electron chi connectivity index (χ3n) is 4.01. The lowest BCUT2D eigenvalue weighted by molar-refractivity contribution is 0.0644. The largest absolute Gasteiger partial charge is 0.377 e. The molecule has 0 aliphatic carbocycles. The fourth-order valence-corrected chi connectivity index (χ4v) is 4.30. The lowest BCUT2D eigenvalue weighted by Gasteiger charge is -2.23. The van der Waals surface area contributed by atoms with Gasteiger partial charge in [0, 0.05) is 24.6 Å². The van der Waals surface area contributed by atoms with E-state index in [2.05, 4.69) is 32.6 Å². The van der Waals surface area contributed by atoms with Gasteiger partial charge in [0.15, 0.2) is 0 Å². The highest BCUT2D eigenvalue weighted by Crippen LogP contribution is 2.23. The van der Waals surface area contributed by atoms with Gasteiger partial charge in [0.25, 0.3) is 0 Å². The molecule has 0 aromatic carbocycles. The zero-order chi connectivity index (χ0) is 16.2. The Kier molecular flexibility index (Phi) is 5.03. The number of rotatable bonds is 7. The molecule has 0 radical (unpaired) electrons. The molecule has 0 unspecified atom stereocenters. The van der Waals surface area contributed by atoms with Gasteiger partial charge in [0.1, 0.15) is 0 Å². The number of nitrogens with zero attached hydrogens (tertiary/aromatic N) is 3. The lowest BCUT2D eigenvalue weighted by Crippen LogP contribution is -2.31. The molecule has 4 rings (SSSR count). The van der Waals surface area contributed by atoms with Crippen molar-refractivity contribution in [2.45, 2.75) is 32.0 Å². The fraction of sp³-hybridized carbons (Fsp3) is 0.412. The minimum atomic E-state index is 0.310. The second kappa shape index (κ2) is 7.57. The molecule has 0 spiro atoms. The van der Waals surface area contributed by atoms with E-state index in [0.717, 1.165) is 37.4 Å². The van der Waals surface area contributed by atoms with Crippen LogP contribution in [-0.2, 0) is 17.8 Å². The third kappa shape index (κ3) is 3.92. The Morgan fingerprint density at radius 2 is 2.08 bits per heavy atom. The molecule has 1 saturated heterocycles. The molecule has 4 heterocycles. The highest BCUT2D eigenvalue weighted by Gasteiger charge is 2.21. The summed E-state index contributed by atoms with van der Waals surface area (Å²) >= 11 is 3.40. The second-order valence-electron chi connectivity index (χ2n) is 5.87. The first-order valence-electron chi connectivity index (χ1n) is 8.09. The Balaban J connectivity index is 1.46. The predicted octanol–water partition coefficient (Wildman–Crippen LogP) is 4.04. The third-order valence-corrected chi connectivity index (χ3v) is 5.74. The van der Waals surface area contributed by atoms with Crippen LogP contribution in [0.4, 0.5) is 0 Å². The molecule has 3 aromatic heterocycles. The predicted molar refractivity (Wildman–Crippen MR) is 95.0 cm³/mol. The van der Waals surface area contributed by atoms with E-state index >= 15 is 0 Å². The topological polar surface area (TPSA) is 51.4 Å². The minimum absolute atomic E-state index is 0.310. The van der Waals surface area contributed by atoms with E-state index in [1.54, 1.807) is 22.7 Å². The van der Waals surface area contributed by atoms with Crippen LogP contribution in [-0.4, -0.2) is 34.3 Å². The van der Waals surface area contributed by atoms with E-state index in [0.29, 0.717) is 24.4 Å². The van der Waals surface area contributed by atoms with E-state index in [9.17, 15) is 0 Å².